The van der Waals surface area contributed by atoms with Gasteiger partial charge < -0.3 is 10.2 Å². The minimum absolute atomic E-state index is 0.0115. The highest BCUT2D eigenvalue weighted by molar-refractivity contribution is 6.41. The highest BCUT2D eigenvalue weighted by Crippen LogP contribution is 2.21. The van der Waals surface area contributed by atoms with Crippen molar-refractivity contribution in [1.82, 2.24) is 4.98 Å². The van der Waals surface area contributed by atoms with E-state index in [0.29, 0.717) is 17.8 Å². The van der Waals surface area contributed by atoms with E-state index < -0.39 is 0 Å². The Morgan fingerprint density at radius 2 is 1.72 bits per heavy atom. The first-order valence-electron chi connectivity index (χ1n) is 9.04. The van der Waals surface area contributed by atoms with Crippen molar-refractivity contribution < 1.29 is 9.59 Å². The highest BCUT2D eigenvalue weighted by atomic mass is 35.5. The zero-order chi connectivity index (χ0) is 20.8. The smallest absolute Gasteiger partial charge is 0.257 e. The predicted molar refractivity (Wildman–Crippen MR) is 117 cm³/mol. The third kappa shape index (κ3) is 5.34. The molecule has 1 N–H and O–H groups in total. The van der Waals surface area contributed by atoms with Gasteiger partial charge in [-0.1, -0.05) is 53.5 Å². The first kappa shape index (κ1) is 20.8. The van der Waals surface area contributed by atoms with Gasteiger partial charge in [0.1, 0.15) is 5.15 Å². The van der Waals surface area contributed by atoms with Crippen LogP contribution < -0.4 is 10.2 Å². The summed E-state index contributed by atoms with van der Waals surface area (Å²) in [5, 5.41) is 3.13. The minimum Gasteiger partial charge on any atom is -0.322 e. The summed E-state index contributed by atoms with van der Waals surface area (Å²) in [7, 11) is 0. The molecule has 0 unspecified atom stereocenters. The number of hydrogen-bond donors (Lipinski definition) is 1. The van der Waals surface area contributed by atoms with E-state index in [-0.39, 0.29) is 28.4 Å². The number of amides is 2. The SMILES string of the molecule is CCN(C(=O)Cc1ccc(NC(=O)c2cnc(Cl)c(Cl)c2)cc1)c1ccccc1. The molecule has 3 aromatic rings. The van der Waals surface area contributed by atoms with Crippen LogP contribution in [0.25, 0.3) is 0 Å². The Balaban J connectivity index is 1.64. The molecular formula is C22H19Cl2N3O2. The average molecular weight is 428 g/mol. The van der Waals surface area contributed by atoms with Gasteiger partial charge in [0, 0.05) is 24.1 Å². The van der Waals surface area contributed by atoms with Gasteiger partial charge in [0.2, 0.25) is 5.91 Å². The van der Waals surface area contributed by atoms with E-state index in [0.717, 1.165) is 11.3 Å². The number of nitrogens with one attached hydrogen (secondary N) is 1. The first-order valence-corrected chi connectivity index (χ1v) is 9.80. The van der Waals surface area contributed by atoms with Gasteiger partial charge in [-0.3, -0.25) is 9.59 Å². The molecule has 0 bridgehead atoms. The largest absolute Gasteiger partial charge is 0.322 e. The van der Waals surface area contributed by atoms with Gasteiger partial charge in [0.25, 0.3) is 5.91 Å². The number of rotatable bonds is 6. The standard InChI is InChI=1S/C22H19Cl2N3O2/c1-2-27(18-6-4-3-5-7-18)20(28)12-15-8-10-17(11-9-15)26-22(29)16-13-19(23)21(24)25-14-16/h3-11,13-14H,2,12H2,1H3,(H,26,29). The van der Waals surface area contributed by atoms with Gasteiger partial charge in [-0.05, 0) is 42.8 Å². The van der Waals surface area contributed by atoms with E-state index in [1.807, 2.05) is 49.4 Å². The molecule has 2 amide bonds. The van der Waals surface area contributed by atoms with Crippen LogP contribution in [0.3, 0.4) is 0 Å². The fourth-order valence-electron chi connectivity index (χ4n) is 2.84. The number of anilines is 2. The Morgan fingerprint density at radius 1 is 1.03 bits per heavy atom. The summed E-state index contributed by atoms with van der Waals surface area (Å²) in [4.78, 5) is 30.6. The lowest BCUT2D eigenvalue weighted by Gasteiger charge is -2.21. The molecule has 0 saturated carbocycles. The Labute approximate surface area is 179 Å². The summed E-state index contributed by atoms with van der Waals surface area (Å²) in [6.45, 7) is 2.54. The molecule has 0 aliphatic heterocycles. The Hall–Kier alpha value is -2.89. The monoisotopic (exact) mass is 427 g/mol. The van der Waals surface area contributed by atoms with Crippen molar-refractivity contribution in [3.05, 3.63) is 88.2 Å². The summed E-state index contributed by atoms with van der Waals surface area (Å²) in [5.74, 6) is -0.335. The maximum atomic E-state index is 12.7. The molecule has 1 heterocycles. The quantitative estimate of drug-likeness (QED) is 0.547. The Kier molecular flexibility index (Phi) is 6.86. The van der Waals surface area contributed by atoms with Crippen molar-refractivity contribution in [3.8, 4) is 0 Å². The molecule has 0 aliphatic carbocycles. The predicted octanol–water partition coefficient (Wildman–Crippen LogP) is 5.24. The topological polar surface area (TPSA) is 62.3 Å². The van der Waals surface area contributed by atoms with Crippen LogP contribution in [0.5, 0.6) is 0 Å². The number of benzene rings is 2. The summed E-state index contributed by atoms with van der Waals surface area (Å²) in [6, 6.07) is 18.2. The Morgan fingerprint density at radius 3 is 2.34 bits per heavy atom. The molecule has 7 heteroatoms. The van der Waals surface area contributed by atoms with Crippen molar-refractivity contribution in [1.29, 1.82) is 0 Å². The molecule has 0 saturated heterocycles. The molecule has 1 aromatic heterocycles. The second-order valence-corrected chi connectivity index (χ2v) is 7.06. The van der Waals surface area contributed by atoms with E-state index in [4.69, 9.17) is 23.2 Å². The first-order chi connectivity index (χ1) is 14.0. The molecular weight excluding hydrogens is 409 g/mol. The second-order valence-electron chi connectivity index (χ2n) is 6.30. The van der Waals surface area contributed by atoms with Gasteiger partial charge in [-0.2, -0.15) is 0 Å². The molecule has 0 atom stereocenters. The number of pyridine rings is 1. The molecule has 0 fully saturated rings. The number of para-hydroxylation sites is 1. The van der Waals surface area contributed by atoms with Crippen molar-refractivity contribution >= 4 is 46.4 Å². The lowest BCUT2D eigenvalue weighted by Crippen LogP contribution is -2.31. The van der Waals surface area contributed by atoms with Crippen LogP contribution in [0.15, 0.2) is 66.9 Å². The van der Waals surface area contributed by atoms with Crippen molar-refractivity contribution in [2.24, 2.45) is 0 Å². The van der Waals surface area contributed by atoms with Crippen LogP contribution in [0.2, 0.25) is 10.2 Å². The summed E-state index contributed by atoms with van der Waals surface area (Å²) >= 11 is 11.7. The van der Waals surface area contributed by atoms with Crippen molar-refractivity contribution in [2.75, 3.05) is 16.8 Å². The minimum atomic E-state index is -0.346. The van der Waals surface area contributed by atoms with Crippen LogP contribution in [-0.4, -0.2) is 23.3 Å². The fourth-order valence-corrected chi connectivity index (χ4v) is 3.11. The van der Waals surface area contributed by atoms with E-state index in [9.17, 15) is 9.59 Å². The second kappa shape index (κ2) is 9.54. The fraction of sp³-hybridized carbons (Fsp3) is 0.136. The van der Waals surface area contributed by atoms with E-state index in [1.165, 1.54) is 12.3 Å². The van der Waals surface area contributed by atoms with Gasteiger partial charge in [0.15, 0.2) is 0 Å². The number of carbonyl (C=O) groups excluding carboxylic acids is 2. The number of hydrogen-bond acceptors (Lipinski definition) is 3. The lowest BCUT2D eigenvalue weighted by molar-refractivity contribution is -0.117. The average Bonchev–Trinajstić information content (AvgIpc) is 2.73. The molecule has 5 nitrogen and oxygen atoms in total. The van der Waals surface area contributed by atoms with Crippen LogP contribution in [0, 0.1) is 0 Å². The number of aromatic nitrogens is 1. The van der Waals surface area contributed by atoms with Crippen molar-refractivity contribution in [2.45, 2.75) is 13.3 Å². The summed E-state index contributed by atoms with van der Waals surface area (Å²) < 4.78 is 0. The molecule has 0 aliphatic rings. The van der Waals surface area contributed by atoms with E-state index in [2.05, 4.69) is 10.3 Å². The molecule has 0 spiro atoms. The number of halogens is 2. The Bertz CT molecular complexity index is 1010. The summed E-state index contributed by atoms with van der Waals surface area (Å²) in [6.07, 6.45) is 1.63. The number of carbonyl (C=O) groups is 2. The summed E-state index contributed by atoms with van der Waals surface area (Å²) in [5.41, 5.74) is 2.64. The van der Waals surface area contributed by atoms with Gasteiger partial charge in [0.05, 0.1) is 17.0 Å². The third-order valence-corrected chi connectivity index (χ3v) is 5.00. The van der Waals surface area contributed by atoms with Gasteiger partial charge in [-0.25, -0.2) is 4.98 Å². The maximum Gasteiger partial charge on any atom is 0.257 e. The third-order valence-electron chi connectivity index (χ3n) is 4.31. The zero-order valence-electron chi connectivity index (χ0n) is 15.7. The molecule has 0 radical (unpaired) electrons. The van der Waals surface area contributed by atoms with Crippen LogP contribution >= 0.6 is 23.2 Å². The zero-order valence-corrected chi connectivity index (χ0v) is 17.2. The number of nitrogens with zero attached hydrogens (tertiary/aromatic N) is 2. The lowest BCUT2D eigenvalue weighted by atomic mass is 10.1. The molecule has 3 rings (SSSR count). The number of likely N-dealkylation sites (N-methyl/N-ethyl adjacent to an activating group) is 1. The maximum absolute atomic E-state index is 12.7. The molecule has 2 aromatic carbocycles. The highest BCUT2D eigenvalue weighted by Gasteiger charge is 2.14. The van der Waals surface area contributed by atoms with Crippen LogP contribution in [-0.2, 0) is 11.2 Å². The van der Waals surface area contributed by atoms with Gasteiger partial charge in [-0.15, -0.1) is 0 Å². The van der Waals surface area contributed by atoms with E-state index in [1.54, 1.807) is 17.0 Å². The van der Waals surface area contributed by atoms with Crippen LogP contribution in [0.1, 0.15) is 22.8 Å². The molecule has 148 valence electrons. The normalized spacial score (nSPS) is 10.4. The van der Waals surface area contributed by atoms with E-state index >= 15 is 0 Å². The van der Waals surface area contributed by atoms with Crippen LogP contribution in [0.4, 0.5) is 11.4 Å². The molecule has 29 heavy (non-hydrogen) atoms. The van der Waals surface area contributed by atoms with Crippen molar-refractivity contribution in [3.63, 3.8) is 0 Å². The van der Waals surface area contributed by atoms with Gasteiger partial charge >= 0.3 is 0 Å².